The first-order valence-electron chi connectivity index (χ1n) is 7.06. The van der Waals surface area contributed by atoms with E-state index in [2.05, 4.69) is 10.0 Å². The Morgan fingerprint density at radius 1 is 1.09 bits per heavy atom. The Kier molecular flexibility index (Phi) is 5.54. The molecule has 2 aromatic rings. The normalized spacial score (nSPS) is 11.3. The van der Waals surface area contributed by atoms with Gasteiger partial charge in [-0.25, -0.2) is 8.42 Å². The zero-order chi connectivity index (χ0) is 16.7. The highest BCUT2D eigenvalue weighted by Crippen LogP contribution is 2.17. The SMILES string of the molecule is CNC(=O)C/C=C/c1cccc(S(=O)(=O)Nc2ccccc2)c1. The Hall–Kier alpha value is -2.60. The van der Waals surface area contributed by atoms with Crippen LogP contribution in [0, 0.1) is 0 Å². The number of hydrogen-bond acceptors (Lipinski definition) is 3. The van der Waals surface area contributed by atoms with E-state index in [0.29, 0.717) is 11.3 Å². The molecule has 0 spiro atoms. The summed E-state index contributed by atoms with van der Waals surface area (Å²) < 4.78 is 27.3. The molecule has 0 aliphatic carbocycles. The maximum Gasteiger partial charge on any atom is 0.261 e. The number of carbonyl (C=O) groups is 1. The molecule has 0 aliphatic heterocycles. The molecule has 0 atom stereocenters. The van der Waals surface area contributed by atoms with Gasteiger partial charge in [-0.1, -0.05) is 42.5 Å². The van der Waals surface area contributed by atoms with E-state index in [1.54, 1.807) is 61.7 Å². The van der Waals surface area contributed by atoms with Crippen LogP contribution in [-0.4, -0.2) is 21.4 Å². The number of rotatable bonds is 6. The molecule has 0 radical (unpaired) electrons. The van der Waals surface area contributed by atoms with Crippen molar-refractivity contribution in [1.29, 1.82) is 0 Å². The van der Waals surface area contributed by atoms with E-state index in [-0.39, 0.29) is 17.2 Å². The Bertz CT molecular complexity index is 800. The number of carbonyl (C=O) groups excluding carboxylic acids is 1. The first-order chi connectivity index (χ1) is 11.0. The van der Waals surface area contributed by atoms with Crippen molar-refractivity contribution in [3.05, 3.63) is 66.2 Å². The highest BCUT2D eigenvalue weighted by molar-refractivity contribution is 7.92. The molecule has 120 valence electrons. The molecule has 0 saturated carbocycles. The van der Waals surface area contributed by atoms with E-state index in [4.69, 9.17) is 0 Å². The molecule has 6 heteroatoms. The number of amides is 1. The van der Waals surface area contributed by atoms with Gasteiger partial charge in [0.15, 0.2) is 0 Å². The third kappa shape index (κ3) is 4.96. The standard InChI is InChI=1S/C17H18N2O3S/c1-18-17(20)12-6-8-14-7-5-11-16(13-14)23(21,22)19-15-9-3-2-4-10-15/h2-11,13,19H,12H2,1H3,(H,18,20)/b8-6+. The number of benzene rings is 2. The topological polar surface area (TPSA) is 75.3 Å². The molecule has 2 aromatic carbocycles. The summed E-state index contributed by atoms with van der Waals surface area (Å²) in [7, 11) is -2.08. The summed E-state index contributed by atoms with van der Waals surface area (Å²) in [5.41, 5.74) is 1.22. The predicted octanol–water partition coefficient (Wildman–Crippen LogP) is 2.64. The molecule has 0 saturated heterocycles. The molecule has 5 nitrogen and oxygen atoms in total. The van der Waals surface area contributed by atoms with Gasteiger partial charge >= 0.3 is 0 Å². The van der Waals surface area contributed by atoms with Crippen molar-refractivity contribution in [2.75, 3.05) is 11.8 Å². The molecule has 23 heavy (non-hydrogen) atoms. The lowest BCUT2D eigenvalue weighted by Crippen LogP contribution is -2.15. The second-order valence-corrected chi connectivity index (χ2v) is 6.51. The Balaban J connectivity index is 2.16. The molecule has 0 unspecified atom stereocenters. The van der Waals surface area contributed by atoms with Crippen molar-refractivity contribution in [2.45, 2.75) is 11.3 Å². The Morgan fingerprint density at radius 2 is 1.83 bits per heavy atom. The van der Waals surface area contributed by atoms with Crippen molar-refractivity contribution in [3.63, 3.8) is 0 Å². The number of para-hydroxylation sites is 1. The summed E-state index contributed by atoms with van der Waals surface area (Å²) >= 11 is 0. The average molecular weight is 330 g/mol. The number of nitrogens with one attached hydrogen (secondary N) is 2. The predicted molar refractivity (Wildman–Crippen MR) is 91.4 cm³/mol. The van der Waals surface area contributed by atoms with E-state index >= 15 is 0 Å². The molecule has 0 bridgehead atoms. The zero-order valence-electron chi connectivity index (χ0n) is 12.7. The van der Waals surface area contributed by atoms with Crippen LogP contribution in [0.1, 0.15) is 12.0 Å². The third-order valence-electron chi connectivity index (χ3n) is 3.09. The minimum absolute atomic E-state index is 0.101. The van der Waals surface area contributed by atoms with Gasteiger partial charge in [0.25, 0.3) is 10.0 Å². The van der Waals surface area contributed by atoms with E-state index in [9.17, 15) is 13.2 Å². The van der Waals surface area contributed by atoms with Crippen LogP contribution in [0.4, 0.5) is 5.69 Å². The summed E-state index contributed by atoms with van der Waals surface area (Å²) in [4.78, 5) is 11.3. The van der Waals surface area contributed by atoms with Gasteiger partial charge in [-0.3, -0.25) is 9.52 Å². The molecular weight excluding hydrogens is 312 g/mol. The van der Waals surface area contributed by atoms with E-state index in [1.807, 2.05) is 6.07 Å². The van der Waals surface area contributed by atoms with Crippen molar-refractivity contribution >= 4 is 27.7 Å². The van der Waals surface area contributed by atoms with Crippen molar-refractivity contribution < 1.29 is 13.2 Å². The minimum Gasteiger partial charge on any atom is -0.359 e. The number of hydrogen-bond donors (Lipinski definition) is 2. The van der Waals surface area contributed by atoms with Gasteiger partial charge in [0.1, 0.15) is 0 Å². The van der Waals surface area contributed by atoms with Crippen LogP contribution >= 0.6 is 0 Å². The van der Waals surface area contributed by atoms with Crippen molar-refractivity contribution in [3.8, 4) is 0 Å². The molecule has 0 aliphatic rings. The fraction of sp³-hybridized carbons (Fsp3) is 0.118. The van der Waals surface area contributed by atoms with Crippen LogP contribution in [-0.2, 0) is 14.8 Å². The maximum atomic E-state index is 12.4. The molecule has 0 heterocycles. The highest BCUT2D eigenvalue weighted by atomic mass is 32.2. The van der Waals surface area contributed by atoms with Crippen LogP contribution < -0.4 is 10.0 Å². The first kappa shape index (κ1) is 16.8. The van der Waals surface area contributed by atoms with E-state index in [0.717, 1.165) is 0 Å². The van der Waals surface area contributed by atoms with Crippen LogP contribution in [0.3, 0.4) is 0 Å². The van der Waals surface area contributed by atoms with Gasteiger partial charge in [-0.2, -0.15) is 0 Å². The van der Waals surface area contributed by atoms with Crippen LogP contribution in [0.2, 0.25) is 0 Å². The summed E-state index contributed by atoms with van der Waals surface area (Å²) in [6, 6.07) is 15.2. The van der Waals surface area contributed by atoms with E-state index in [1.165, 1.54) is 6.07 Å². The van der Waals surface area contributed by atoms with E-state index < -0.39 is 10.0 Å². The largest absolute Gasteiger partial charge is 0.359 e. The van der Waals surface area contributed by atoms with Gasteiger partial charge < -0.3 is 5.32 Å². The molecule has 1 amide bonds. The maximum absolute atomic E-state index is 12.4. The molecule has 0 fully saturated rings. The van der Waals surface area contributed by atoms with Crippen LogP contribution in [0.5, 0.6) is 0 Å². The summed E-state index contributed by atoms with van der Waals surface area (Å²) in [6.45, 7) is 0. The number of sulfonamides is 1. The Labute approximate surface area is 136 Å². The summed E-state index contributed by atoms with van der Waals surface area (Å²) in [5.74, 6) is -0.101. The van der Waals surface area contributed by atoms with Gasteiger partial charge in [-0.15, -0.1) is 0 Å². The lowest BCUT2D eigenvalue weighted by Gasteiger charge is -2.08. The minimum atomic E-state index is -3.65. The lowest BCUT2D eigenvalue weighted by atomic mass is 10.2. The lowest BCUT2D eigenvalue weighted by molar-refractivity contribution is -0.119. The molecule has 0 aromatic heterocycles. The van der Waals surface area contributed by atoms with Crippen molar-refractivity contribution in [1.82, 2.24) is 5.32 Å². The van der Waals surface area contributed by atoms with Gasteiger partial charge in [-0.05, 0) is 29.8 Å². The second-order valence-electron chi connectivity index (χ2n) is 4.82. The summed E-state index contributed by atoms with van der Waals surface area (Å²) in [5, 5.41) is 2.52. The van der Waals surface area contributed by atoms with Crippen LogP contribution in [0.15, 0.2) is 65.6 Å². The quantitative estimate of drug-likeness (QED) is 0.855. The van der Waals surface area contributed by atoms with Crippen LogP contribution in [0.25, 0.3) is 6.08 Å². The average Bonchev–Trinajstić information content (AvgIpc) is 2.55. The van der Waals surface area contributed by atoms with Gasteiger partial charge in [0, 0.05) is 19.2 Å². The first-order valence-corrected chi connectivity index (χ1v) is 8.54. The van der Waals surface area contributed by atoms with Crippen molar-refractivity contribution in [2.24, 2.45) is 0 Å². The second kappa shape index (κ2) is 7.60. The fourth-order valence-electron chi connectivity index (χ4n) is 1.91. The fourth-order valence-corrected chi connectivity index (χ4v) is 3.02. The molecule has 2 rings (SSSR count). The smallest absolute Gasteiger partial charge is 0.261 e. The monoisotopic (exact) mass is 330 g/mol. The molecule has 2 N–H and O–H groups in total. The zero-order valence-corrected chi connectivity index (χ0v) is 13.5. The highest BCUT2D eigenvalue weighted by Gasteiger charge is 2.13. The Morgan fingerprint density at radius 3 is 2.52 bits per heavy atom. The number of anilines is 1. The van der Waals surface area contributed by atoms with Gasteiger partial charge in [0.05, 0.1) is 4.90 Å². The van der Waals surface area contributed by atoms with Gasteiger partial charge in [0.2, 0.25) is 5.91 Å². The molecular formula is C17H18N2O3S. The summed E-state index contributed by atoms with van der Waals surface area (Å²) in [6.07, 6.45) is 3.65. The third-order valence-corrected chi connectivity index (χ3v) is 4.47.